The zero-order chi connectivity index (χ0) is 39.5. The third-order valence-electron chi connectivity index (χ3n) is 12.3. The van der Waals surface area contributed by atoms with Gasteiger partial charge in [0, 0.05) is 22.1 Å². The van der Waals surface area contributed by atoms with Crippen LogP contribution in [0.4, 0.5) is 0 Å². The van der Waals surface area contributed by atoms with Crippen molar-refractivity contribution < 1.29 is 0 Å². The quantitative estimate of drug-likeness (QED) is 0.169. The highest BCUT2D eigenvalue weighted by Gasteiger charge is 2.38. The summed E-state index contributed by atoms with van der Waals surface area (Å²) < 4.78 is 0. The molecule has 0 atom stereocenters. The Labute approximate surface area is 345 Å². The van der Waals surface area contributed by atoms with Crippen LogP contribution in [0.5, 0.6) is 0 Å². The molecule has 0 N–H and O–H groups in total. The summed E-state index contributed by atoms with van der Waals surface area (Å²) in [6.07, 6.45) is 0. The van der Waals surface area contributed by atoms with Gasteiger partial charge in [0.15, 0.2) is 5.82 Å². The van der Waals surface area contributed by atoms with Crippen molar-refractivity contribution in [1.82, 2.24) is 9.97 Å². The zero-order valence-corrected chi connectivity index (χ0v) is 33.0. The lowest BCUT2D eigenvalue weighted by Crippen LogP contribution is -2.15. The molecule has 0 fully saturated rings. The first kappa shape index (κ1) is 34.8. The Morgan fingerprint density at radius 3 is 1.63 bits per heavy atom. The van der Waals surface area contributed by atoms with Gasteiger partial charge >= 0.3 is 0 Å². The zero-order valence-electron chi connectivity index (χ0n) is 33.0. The van der Waals surface area contributed by atoms with Crippen LogP contribution < -0.4 is 0 Å². The minimum atomic E-state index is -0.115. The Balaban J connectivity index is 1.06. The number of aromatic nitrogens is 2. The maximum atomic E-state index is 5.28. The maximum Gasteiger partial charge on any atom is 0.160 e. The van der Waals surface area contributed by atoms with Crippen molar-refractivity contribution in [3.05, 3.63) is 217 Å². The third kappa shape index (κ3) is 5.79. The van der Waals surface area contributed by atoms with Gasteiger partial charge < -0.3 is 0 Å². The molecule has 0 bridgehead atoms. The van der Waals surface area contributed by atoms with Gasteiger partial charge in [-0.25, -0.2) is 9.97 Å². The summed E-state index contributed by atoms with van der Waals surface area (Å²) in [5.74, 6) is 0.704. The molecule has 1 heterocycles. The van der Waals surface area contributed by atoms with E-state index in [4.69, 9.17) is 9.97 Å². The van der Waals surface area contributed by atoms with Crippen molar-refractivity contribution in [3.8, 4) is 78.4 Å². The van der Waals surface area contributed by atoms with Crippen LogP contribution in [-0.2, 0) is 5.41 Å². The lowest BCUT2D eigenvalue weighted by atomic mass is 9.80. The van der Waals surface area contributed by atoms with Crippen LogP contribution in [0.25, 0.3) is 100.0 Å². The number of benzene rings is 9. The molecular formula is C57H40N2. The number of nitrogens with zero attached hydrogens (tertiary/aromatic N) is 2. The summed E-state index contributed by atoms with van der Waals surface area (Å²) in [6, 6.07) is 74.2. The molecule has 1 aromatic heterocycles. The largest absolute Gasteiger partial charge is 0.228 e. The number of hydrogen-bond acceptors (Lipinski definition) is 2. The molecule has 0 amide bonds. The monoisotopic (exact) mass is 752 g/mol. The summed E-state index contributed by atoms with van der Waals surface area (Å²) in [5, 5.41) is 4.96. The van der Waals surface area contributed by atoms with Gasteiger partial charge in [0.1, 0.15) is 0 Å². The SMILES string of the molecule is CC1(C)c2cccc(-c3cccc(-c4ccc(-c5cc(-c6ccccc6-c6ccccc6)nc(-c6ccccc6)n5)c5ccccc45)c3)c2-c2ccc3ccccc3c21. The smallest absolute Gasteiger partial charge is 0.160 e. The predicted molar refractivity (Wildman–Crippen MR) is 247 cm³/mol. The summed E-state index contributed by atoms with van der Waals surface area (Å²) in [7, 11) is 0. The Morgan fingerprint density at radius 1 is 0.339 bits per heavy atom. The highest BCUT2D eigenvalue weighted by Crippen LogP contribution is 2.54. The molecule has 1 aliphatic carbocycles. The van der Waals surface area contributed by atoms with Crippen molar-refractivity contribution in [2.75, 3.05) is 0 Å². The van der Waals surface area contributed by atoms with E-state index in [2.05, 4.69) is 202 Å². The van der Waals surface area contributed by atoms with E-state index in [0.717, 1.165) is 44.6 Å². The minimum absolute atomic E-state index is 0.115. The maximum absolute atomic E-state index is 5.28. The summed E-state index contributed by atoms with van der Waals surface area (Å²) in [5.41, 5.74) is 17.4. The second-order valence-electron chi connectivity index (χ2n) is 16.1. The number of rotatable bonds is 6. The number of hydrogen-bond donors (Lipinski definition) is 0. The second-order valence-corrected chi connectivity index (χ2v) is 16.1. The summed E-state index contributed by atoms with van der Waals surface area (Å²) in [6.45, 7) is 4.76. The van der Waals surface area contributed by atoms with Crippen molar-refractivity contribution in [2.45, 2.75) is 19.3 Å². The molecule has 59 heavy (non-hydrogen) atoms. The van der Waals surface area contributed by atoms with Gasteiger partial charge in [-0.05, 0) is 89.3 Å². The molecule has 0 saturated heterocycles. The van der Waals surface area contributed by atoms with Crippen LogP contribution in [0.3, 0.4) is 0 Å². The average Bonchev–Trinajstić information content (AvgIpc) is 3.55. The molecule has 2 heteroatoms. The fourth-order valence-electron chi connectivity index (χ4n) is 9.54. The van der Waals surface area contributed by atoms with E-state index in [0.29, 0.717) is 5.82 Å². The average molecular weight is 753 g/mol. The Kier molecular flexibility index (Phi) is 8.20. The topological polar surface area (TPSA) is 25.8 Å². The van der Waals surface area contributed by atoms with E-state index < -0.39 is 0 Å². The van der Waals surface area contributed by atoms with Crippen molar-refractivity contribution in [2.24, 2.45) is 0 Å². The Bertz CT molecular complexity index is 3230. The molecule has 1 aliphatic rings. The Hall–Kier alpha value is -7.42. The first-order valence-corrected chi connectivity index (χ1v) is 20.4. The van der Waals surface area contributed by atoms with Gasteiger partial charge in [-0.2, -0.15) is 0 Å². The van der Waals surface area contributed by atoms with Crippen molar-refractivity contribution in [3.63, 3.8) is 0 Å². The van der Waals surface area contributed by atoms with Gasteiger partial charge in [-0.1, -0.05) is 208 Å². The Morgan fingerprint density at radius 2 is 0.864 bits per heavy atom. The molecule has 278 valence electrons. The fraction of sp³-hybridized carbons (Fsp3) is 0.0526. The highest BCUT2D eigenvalue weighted by molar-refractivity contribution is 6.06. The van der Waals surface area contributed by atoms with Crippen LogP contribution in [0.1, 0.15) is 25.0 Å². The molecule has 9 aromatic carbocycles. The highest BCUT2D eigenvalue weighted by atomic mass is 14.9. The van der Waals surface area contributed by atoms with Gasteiger partial charge in [0.05, 0.1) is 11.4 Å². The van der Waals surface area contributed by atoms with E-state index in [-0.39, 0.29) is 5.41 Å². The molecule has 0 radical (unpaired) electrons. The van der Waals surface area contributed by atoms with Crippen molar-refractivity contribution >= 4 is 21.5 Å². The van der Waals surface area contributed by atoms with Crippen LogP contribution in [0, 0.1) is 0 Å². The molecule has 0 spiro atoms. The van der Waals surface area contributed by atoms with E-state index in [9.17, 15) is 0 Å². The minimum Gasteiger partial charge on any atom is -0.228 e. The summed E-state index contributed by atoms with van der Waals surface area (Å²) in [4.78, 5) is 10.5. The van der Waals surface area contributed by atoms with Gasteiger partial charge in [-0.15, -0.1) is 0 Å². The van der Waals surface area contributed by atoms with E-state index in [1.165, 1.54) is 60.7 Å². The predicted octanol–water partition coefficient (Wildman–Crippen LogP) is 15.1. The van der Waals surface area contributed by atoms with Crippen LogP contribution >= 0.6 is 0 Å². The van der Waals surface area contributed by atoms with E-state index >= 15 is 0 Å². The third-order valence-corrected chi connectivity index (χ3v) is 12.3. The molecule has 10 aromatic rings. The summed E-state index contributed by atoms with van der Waals surface area (Å²) >= 11 is 0. The van der Waals surface area contributed by atoms with Gasteiger partial charge in [0.2, 0.25) is 0 Å². The standard InChI is InChI=1S/C57H40N2/c1-57(2)51-30-16-29-44(54(51)50-32-31-38-19-9-10-25-45(38)55(50)57)41-23-15-22-40(35-41)43-33-34-49(47-27-13-12-26-46(43)47)53-36-52(58-56(59-53)39-20-7-4-8-21-39)48-28-14-11-24-42(48)37-17-5-3-6-18-37/h3-36H,1-2H3. The van der Waals surface area contributed by atoms with Gasteiger partial charge in [0.25, 0.3) is 0 Å². The van der Waals surface area contributed by atoms with Crippen LogP contribution in [0.2, 0.25) is 0 Å². The van der Waals surface area contributed by atoms with Crippen molar-refractivity contribution in [1.29, 1.82) is 0 Å². The number of fused-ring (bicyclic) bond motifs is 6. The molecule has 11 rings (SSSR count). The van der Waals surface area contributed by atoms with E-state index in [1.54, 1.807) is 0 Å². The van der Waals surface area contributed by atoms with Crippen LogP contribution in [0.15, 0.2) is 206 Å². The molecule has 2 nitrogen and oxygen atoms in total. The lowest BCUT2D eigenvalue weighted by Gasteiger charge is -2.23. The molecule has 0 saturated carbocycles. The lowest BCUT2D eigenvalue weighted by molar-refractivity contribution is 0.666. The molecule has 0 aliphatic heterocycles. The fourth-order valence-corrected chi connectivity index (χ4v) is 9.54. The normalized spacial score (nSPS) is 12.7. The van der Waals surface area contributed by atoms with Gasteiger partial charge in [-0.3, -0.25) is 0 Å². The van der Waals surface area contributed by atoms with E-state index in [1.807, 2.05) is 18.2 Å². The second kappa shape index (κ2) is 13.9. The molecule has 0 unspecified atom stereocenters. The van der Waals surface area contributed by atoms with Crippen LogP contribution in [-0.4, -0.2) is 9.97 Å². The molecular weight excluding hydrogens is 713 g/mol. The first-order chi connectivity index (χ1) is 29.0. The first-order valence-electron chi connectivity index (χ1n) is 20.4.